The molecule has 0 bridgehead atoms. The summed E-state index contributed by atoms with van der Waals surface area (Å²) in [6.07, 6.45) is 0.961. The third-order valence-electron chi connectivity index (χ3n) is 3.09. The number of halogens is 1. The summed E-state index contributed by atoms with van der Waals surface area (Å²) in [5.41, 5.74) is 0.780. The van der Waals surface area contributed by atoms with Crippen molar-refractivity contribution in [2.45, 2.75) is 53.2 Å². The fraction of sp³-hybridized carbons (Fsp3) is 0.692. The molecule has 0 fully saturated rings. The van der Waals surface area contributed by atoms with Crippen molar-refractivity contribution in [2.75, 3.05) is 6.54 Å². The summed E-state index contributed by atoms with van der Waals surface area (Å²) in [4.78, 5) is 13.2. The van der Waals surface area contributed by atoms with Crippen LogP contribution >= 0.6 is 11.6 Å². The van der Waals surface area contributed by atoms with E-state index in [1.165, 1.54) is 0 Å². The highest BCUT2D eigenvalue weighted by Crippen LogP contribution is 2.25. The number of aromatic carboxylic acids is 1. The minimum absolute atomic E-state index is 0.0349. The number of fused-ring (bicyclic) bond motifs is 1. The highest BCUT2D eigenvalue weighted by Gasteiger charge is 2.25. The van der Waals surface area contributed by atoms with Crippen molar-refractivity contribution >= 4 is 17.6 Å². The molecule has 0 saturated carbocycles. The summed E-state index contributed by atoms with van der Waals surface area (Å²) >= 11 is 6.09. The van der Waals surface area contributed by atoms with Crippen molar-refractivity contribution in [3.8, 4) is 0 Å². The predicted molar refractivity (Wildman–Crippen MR) is 75.7 cm³/mol. The van der Waals surface area contributed by atoms with Crippen molar-refractivity contribution in [2.24, 2.45) is 0 Å². The van der Waals surface area contributed by atoms with Crippen LogP contribution in [-0.4, -0.2) is 38.3 Å². The molecule has 0 radical (unpaired) electrons. The van der Waals surface area contributed by atoms with E-state index >= 15 is 0 Å². The molecule has 1 aliphatic rings. The van der Waals surface area contributed by atoms with Gasteiger partial charge in [0.15, 0.2) is 5.69 Å². The van der Waals surface area contributed by atoms with Crippen molar-refractivity contribution in [1.82, 2.24) is 14.7 Å². The summed E-state index contributed by atoms with van der Waals surface area (Å²) in [5, 5.41) is 13.3. The fourth-order valence-electron chi connectivity index (χ4n) is 2.08. The molecule has 0 unspecified atom stereocenters. The van der Waals surface area contributed by atoms with Crippen LogP contribution in [-0.2, 0) is 13.1 Å². The van der Waals surface area contributed by atoms with Gasteiger partial charge in [0.25, 0.3) is 0 Å². The van der Waals surface area contributed by atoms with Crippen LogP contribution in [0.25, 0.3) is 0 Å². The van der Waals surface area contributed by atoms with Gasteiger partial charge >= 0.3 is 5.97 Å². The summed E-state index contributed by atoms with van der Waals surface area (Å²) < 4.78 is 1.73. The zero-order chi connectivity index (χ0) is 14.6. The Hall–Kier alpha value is -1.07. The molecule has 1 aliphatic heterocycles. The average molecular weight is 288 g/mol. The number of aryl methyl sites for hydroxylation is 1. The molecule has 0 atom stereocenters. The largest absolute Gasteiger partial charge is 0.476 e. The molecule has 1 aromatic heterocycles. The lowest BCUT2D eigenvalue weighted by atomic mass is 10.2. The standard InChI is InChI=1S/C11H16ClN3O2.C2H6/c1-7(2)14-4-3-5-15-8(6-14)9(12)10(13-15)11(16)17;1-2/h7H,3-6H2,1-2H3,(H,16,17);1-2H3. The molecule has 19 heavy (non-hydrogen) atoms. The van der Waals surface area contributed by atoms with Gasteiger partial charge in [0.1, 0.15) is 0 Å². The van der Waals surface area contributed by atoms with E-state index in [0.717, 1.165) is 25.2 Å². The SMILES string of the molecule is CC.CC(C)N1CCCn2nc(C(=O)O)c(Cl)c2C1. The second-order valence-corrected chi connectivity index (χ2v) is 4.93. The average Bonchev–Trinajstić information content (AvgIpc) is 2.58. The molecule has 1 aromatic rings. The van der Waals surface area contributed by atoms with Crippen LogP contribution in [0.4, 0.5) is 0 Å². The van der Waals surface area contributed by atoms with Gasteiger partial charge in [-0.05, 0) is 20.3 Å². The lowest BCUT2D eigenvalue weighted by Crippen LogP contribution is -2.30. The van der Waals surface area contributed by atoms with E-state index < -0.39 is 5.97 Å². The number of rotatable bonds is 2. The van der Waals surface area contributed by atoms with Gasteiger partial charge in [0, 0.05) is 25.7 Å². The Labute approximate surface area is 119 Å². The van der Waals surface area contributed by atoms with Crippen molar-refractivity contribution in [3.05, 3.63) is 16.4 Å². The number of hydrogen-bond acceptors (Lipinski definition) is 3. The molecule has 5 nitrogen and oxygen atoms in total. The Kier molecular flexibility index (Phi) is 5.82. The Morgan fingerprint density at radius 3 is 2.53 bits per heavy atom. The van der Waals surface area contributed by atoms with Gasteiger partial charge in [0.2, 0.25) is 0 Å². The molecular formula is C13H22ClN3O2. The number of nitrogens with zero attached hydrogens (tertiary/aromatic N) is 3. The third-order valence-corrected chi connectivity index (χ3v) is 3.49. The summed E-state index contributed by atoms with van der Waals surface area (Å²) in [6, 6.07) is 0.417. The van der Waals surface area contributed by atoms with Crippen LogP contribution in [0.15, 0.2) is 0 Å². The van der Waals surface area contributed by atoms with Crippen LogP contribution in [0.2, 0.25) is 5.02 Å². The summed E-state index contributed by atoms with van der Waals surface area (Å²) in [6.45, 7) is 10.6. The molecule has 2 rings (SSSR count). The quantitative estimate of drug-likeness (QED) is 0.909. The van der Waals surface area contributed by atoms with E-state index in [4.69, 9.17) is 16.7 Å². The highest BCUT2D eigenvalue weighted by molar-refractivity contribution is 6.33. The lowest BCUT2D eigenvalue weighted by Gasteiger charge is -2.23. The Morgan fingerprint density at radius 1 is 1.37 bits per heavy atom. The molecule has 0 amide bonds. The first-order chi connectivity index (χ1) is 9.00. The summed E-state index contributed by atoms with van der Waals surface area (Å²) in [5.74, 6) is -1.06. The molecule has 0 aliphatic carbocycles. The van der Waals surface area contributed by atoms with Gasteiger partial charge in [-0.2, -0.15) is 5.10 Å². The van der Waals surface area contributed by atoms with Crippen molar-refractivity contribution in [3.63, 3.8) is 0 Å². The van der Waals surface area contributed by atoms with Crippen LogP contribution in [0.5, 0.6) is 0 Å². The minimum Gasteiger partial charge on any atom is -0.476 e. The van der Waals surface area contributed by atoms with Crippen molar-refractivity contribution in [1.29, 1.82) is 0 Å². The number of carboxylic acids is 1. The molecular weight excluding hydrogens is 266 g/mol. The Morgan fingerprint density at radius 2 is 2.00 bits per heavy atom. The van der Waals surface area contributed by atoms with E-state index in [0.29, 0.717) is 12.6 Å². The van der Waals surface area contributed by atoms with Crippen LogP contribution in [0.1, 0.15) is 50.3 Å². The summed E-state index contributed by atoms with van der Waals surface area (Å²) in [7, 11) is 0. The molecule has 1 N–H and O–H groups in total. The molecule has 2 heterocycles. The van der Waals surface area contributed by atoms with E-state index in [2.05, 4.69) is 23.8 Å². The first kappa shape index (κ1) is 16.0. The third kappa shape index (κ3) is 3.48. The van der Waals surface area contributed by atoms with Gasteiger partial charge in [-0.25, -0.2) is 4.79 Å². The minimum atomic E-state index is -1.06. The molecule has 0 spiro atoms. The van der Waals surface area contributed by atoms with Crippen molar-refractivity contribution < 1.29 is 9.90 Å². The Bertz CT molecular complexity index is 443. The van der Waals surface area contributed by atoms with Crippen LogP contribution < -0.4 is 0 Å². The van der Waals surface area contributed by atoms with E-state index in [-0.39, 0.29) is 10.7 Å². The normalized spacial score (nSPS) is 15.5. The van der Waals surface area contributed by atoms with E-state index in [9.17, 15) is 4.79 Å². The van der Waals surface area contributed by atoms with Gasteiger partial charge in [-0.15, -0.1) is 0 Å². The van der Waals surface area contributed by atoms with Gasteiger partial charge < -0.3 is 5.11 Å². The number of carboxylic acid groups (broad SMARTS) is 1. The zero-order valence-electron chi connectivity index (χ0n) is 12.0. The van der Waals surface area contributed by atoms with Gasteiger partial charge in [-0.3, -0.25) is 9.58 Å². The van der Waals surface area contributed by atoms with Gasteiger partial charge in [0.05, 0.1) is 10.7 Å². The topological polar surface area (TPSA) is 58.4 Å². The first-order valence-corrected chi connectivity index (χ1v) is 7.11. The lowest BCUT2D eigenvalue weighted by molar-refractivity contribution is 0.0689. The second-order valence-electron chi connectivity index (χ2n) is 4.56. The Balaban J connectivity index is 0.000000861. The first-order valence-electron chi connectivity index (χ1n) is 6.73. The van der Waals surface area contributed by atoms with Crippen LogP contribution in [0, 0.1) is 0 Å². The monoisotopic (exact) mass is 287 g/mol. The van der Waals surface area contributed by atoms with Gasteiger partial charge in [-0.1, -0.05) is 25.4 Å². The number of aromatic nitrogens is 2. The maximum atomic E-state index is 11.0. The second kappa shape index (κ2) is 6.91. The predicted octanol–water partition coefficient (Wildman–Crippen LogP) is 2.88. The molecule has 0 saturated heterocycles. The highest BCUT2D eigenvalue weighted by atomic mass is 35.5. The molecule has 108 valence electrons. The molecule has 0 aromatic carbocycles. The smallest absolute Gasteiger partial charge is 0.357 e. The maximum Gasteiger partial charge on any atom is 0.357 e. The van der Waals surface area contributed by atoms with E-state index in [1.54, 1.807) is 4.68 Å². The van der Waals surface area contributed by atoms with Crippen LogP contribution in [0.3, 0.4) is 0 Å². The fourth-order valence-corrected chi connectivity index (χ4v) is 2.36. The maximum absolute atomic E-state index is 11.0. The number of carbonyl (C=O) groups is 1. The number of hydrogen-bond donors (Lipinski definition) is 1. The van der Waals surface area contributed by atoms with E-state index in [1.807, 2.05) is 13.8 Å². The zero-order valence-corrected chi connectivity index (χ0v) is 12.7. The molecule has 6 heteroatoms.